The molecule has 3 aromatic heterocycles. The maximum atomic E-state index is 17.3. The van der Waals surface area contributed by atoms with E-state index in [9.17, 15) is 14.4 Å². The number of nitriles is 1. The molecule has 3 aliphatic rings. The van der Waals surface area contributed by atoms with Gasteiger partial charge in [-0.15, -0.1) is 11.3 Å². The maximum Gasteiger partial charge on any atom is 0.330 e. The third kappa shape index (κ3) is 5.80. The molecule has 0 bridgehead atoms. The van der Waals surface area contributed by atoms with Crippen molar-refractivity contribution in [3.05, 3.63) is 57.1 Å². The van der Waals surface area contributed by atoms with E-state index < -0.39 is 29.4 Å². The first-order chi connectivity index (χ1) is 25.9. The lowest BCUT2D eigenvalue weighted by molar-refractivity contribution is 0.107. The van der Waals surface area contributed by atoms with Crippen molar-refractivity contribution >= 4 is 84.0 Å². The average Bonchev–Trinajstić information content (AvgIpc) is 3.94. The van der Waals surface area contributed by atoms with Crippen molar-refractivity contribution in [3.63, 3.8) is 0 Å². The number of alkyl halides is 1. The van der Waals surface area contributed by atoms with Crippen LogP contribution in [0.3, 0.4) is 0 Å². The number of amides is 1. The second kappa shape index (κ2) is 13.9. The number of likely N-dealkylation sites (N-methyl/N-ethyl adjacent to an activating group) is 1. The average molecular weight is 819 g/mol. The van der Waals surface area contributed by atoms with Gasteiger partial charge in [-0.25, -0.2) is 27.5 Å². The van der Waals surface area contributed by atoms with Gasteiger partial charge in [-0.05, 0) is 57.4 Å². The van der Waals surface area contributed by atoms with Gasteiger partial charge < -0.3 is 20.3 Å². The zero-order valence-corrected chi connectivity index (χ0v) is 32.1. The summed E-state index contributed by atoms with van der Waals surface area (Å²) in [5.74, 6) is -1.13. The number of fused-ring (bicyclic) bond motifs is 3. The highest BCUT2D eigenvalue weighted by atomic mass is 35.5. The minimum Gasteiger partial charge on any atom is -0.461 e. The van der Waals surface area contributed by atoms with E-state index in [0.29, 0.717) is 38.3 Å². The molecule has 54 heavy (non-hydrogen) atoms. The summed E-state index contributed by atoms with van der Waals surface area (Å²) in [6, 6.07) is 4.91. The Morgan fingerprint density at radius 2 is 2.04 bits per heavy atom. The number of rotatable bonds is 7. The number of nitrogens with zero attached hydrogens (tertiary/aromatic N) is 8. The van der Waals surface area contributed by atoms with Gasteiger partial charge in [0.15, 0.2) is 16.1 Å². The number of nitrogens with two attached hydrogens (primary N) is 1. The number of thiophene rings is 1. The Kier molecular flexibility index (Phi) is 9.49. The Morgan fingerprint density at radius 3 is 2.76 bits per heavy atom. The molecule has 4 atom stereocenters. The number of ether oxygens (including phenoxy) is 1. The molecule has 2 aromatic carbocycles. The molecule has 18 heteroatoms. The van der Waals surface area contributed by atoms with Gasteiger partial charge in [0.25, 0.3) is 0 Å². The number of carbonyl (C=O) groups excluding carboxylic acids is 1. The van der Waals surface area contributed by atoms with E-state index in [1.54, 1.807) is 11.0 Å². The number of benzene rings is 2. The highest BCUT2D eigenvalue weighted by Crippen LogP contribution is 2.46. The fourth-order valence-corrected chi connectivity index (χ4v) is 10.1. The van der Waals surface area contributed by atoms with Crippen LogP contribution in [0.5, 0.6) is 6.01 Å². The summed E-state index contributed by atoms with van der Waals surface area (Å²) in [5.41, 5.74) is 5.53. The van der Waals surface area contributed by atoms with Crippen LogP contribution in [0.25, 0.3) is 32.1 Å². The van der Waals surface area contributed by atoms with Crippen molar-refractivity contribution in [1.82, 2.24) is 29.3 Å². The van der Waals surface area contributed by atoms with E-state index in [2.05, 4.69) is 14.9 Å². The molecule has 0 aliphatic carbocycles. The van der Waals surface area contributed by atoms with E-state index in [-0.39, 0.29) is 82.7 Å². The molecule has 3 aliphatic heterocycles. The Labute approximate surface area is 327 Å². The van der Waals surface area contributed by atoms with Crippen molar-refractivity contribution in [2.45, 2.75) is 63.3 Å². The molecule has 0 spiro atoms. The van der Waals surface area contributed by atoms with Crippen LogP contribution in [0.15, 0.2) is 24.5 Å². The van der Waals surface area contributed by atoms with Crippen molar-refractivity contribution < 1.29 is 22.7 Å². The summed E-state index contributed by atoms with van der Waals surface area (Å²) in [4.78, 5) is 32.7. The van der Waals surface area contributed by atoms with Crippen LogP contribution in [0.1, 0.15) is 45.1 Å². The second-order valence-corrected chi connectivity index (χ2v) is 16.1. The summed E-state index contributed by atoms with van der Waals surface area (Å²) in [6.45, 7) is 5.75. The molecular weight excluding hydrogens is 786 g/mol. The van der Waals surface area contributed by atoms with Gasteiger partial charge in [0.05, 0.1) is 32.9 Å². The van der Waals surface area contributed by atoms with E-state index in [1.165, 1.54) is 23.0 Å². The predicted molar refractivity (Wildman–Crippen MR) is 204 cm³/mol. The van der Waals surface area contributed by atoms with E-state index in [1.807, 2.05) is 24.8 Å². The van der Waals surface area contributed by atoms with E-state index in [4.69, 9.17) is 50.3 Å². The van der Waals surface area contributed by atoms with Gasteiger partial charge in [-0.1, -0.05) is 40.9 Å². The molecule has 11 nitrogen and oxygen atoms in total. The molecule has 0 radical (unpaired) electrons. The SMILES string of the molecule is CCN(c1nc(OC[C@@]23CCCN2C[C@H](F)C3)nc2c(F)c(-c3ccc(F)c4sc(N)c(C#N)c34)c(Cl)cc12)[C@@H]1CCN(C(=O)n2cnc(Cl)c2Cl)[C@@H]1C. The third-order valence-corrected chi connectivity index (χ3v) is 13.2. The largest absolute Gasteiger partial charge is 0.461 e. The van der Waals surface area contributed by atoms with E-state index >= 15 is 8.78 Å². The summed E-state index contributed by atoms with van der Waals surface area (Å²) < 4.78 is 54.5. The zero-order chi connectivity index (χ0) is 38.2. The molecule has 0 saturated carbocycles. The summed E-state index contributed by atoms with van der Waals surface area (Å²) in [7, 11) is 0. The first-order valence-corrected chi connectivity index (χ1v) is 19.4. The number of likely N-dealkylation sites (tertiary alicyclic amines) is 1. The molecule has 0 unspecified atom stereocenters. The summed E-state index contributed by atoms with van der Waals surface area (Å²) in [5, 5.41) is 10.4. The topological polar surface area (TPSA) is 129 Å². The van der Waals surface area contributed by atoms with Gasteiger partial charge in [-0.2, -0.15) is 15.2 Å². The number of hydrogen-bond acceptors (Lipinski definition) is 10. The van der Waals surface area contributed by atoms with E-state index in [0.717, 1.165) is 30.7 Å². The Hall–Kier alpha value is -4.07. The van der Waals surface area contributed by atoms with Crippen LogP contribution in [0.2, 0.25) is 15.3 Å². The Balaban J connectivity index is 1.26. The number of hydrogen-bond donors (Lipinski definition) is 1. The normalized spacial score (nSPS) is 22.7. The minimum atomic E-state index is -0.987. The lowest BCUT2D eigenvalue weighted by Crippen LogP contribution is -2.47. The Bertz CT molecular complexity index is 2390. The van der Waals surface area contributed by atoms with Crippen LogP contribution >= 0.6 is 46.1 Å². The lowest BCUT2D eigenvalue weighted by atomic mass is 9.95. The molecule has 8 rings (SSSR count). The molecule has 282 valence electrons. The van der Waals surface area contributed by atoms with Crippen LogP contribution < -0.4 is 15.4 Å². The van der Waals surface area contributed by atoms with Crippen LogP contribution in [-0.4, -0.2) is 91.9 Å². The van der Waals surface area contributed by atoms with Crippen LogP contribution in [0, 0.1) is 23.0 Å². The number of aromatic nitrogens is 4. The zero-order valence-electron chi connectivity index (χ0n) is 29.1. The standard InChI is InChI=1S/C36H33Cl3F3N9O2S/c1-3-49(24-7-10-50(17(24)2)35(52)51-16-45-30(38)31(51)39)33-20-11-22(37)26(19-5-6-23(41)29-25(19)21(13-43)32(44)54-29)27(42)28(20)46-34(47-33)53-15-36-8-4-9-48(36)14-18(40)12-36/h5-6,11,16-18,24H,3-4,7-10,12,14-15,44H2,1-2H3/t17-,18-,24-,36+/m1/s1. The first-order valence-electron chi connectivity index (χ1n) is 17.5. The molecule has 3 fully saturated rings. The highest BCUT2D eigenvalue weighted by molar-refractivity contribution is 7.23. The first kappa shape index (κ1) is 36.9. The summed E-state index contributed by atoms with van der Waals surface area (Å²) in [6.07, 6.45) is 2.76. The van der Waals surface area contributed by atoms with Crippen LogP contribution in [0.4, 0.5) is 28.8 Å². The molecule has 3 saturated heterocycles. The minimum absolute atomic E-state index is 0.00118. The Morgan fingerprint density at radius 1 is 1.24 bits per heavy atom. The molecule has 2 N–H and O–H groups in total. The van der Waals surface area contributed by atoms with Crippen molar-refractivity contribution in [2.24, 2.45) is 0 Å². The maximum absolute atomic E-state index is 17.3. The second-order valence-electron chi connectivity index (χ2n) is 13.9. The number of halogens is 6. The van der Waals surface area contributed by atoms with Gasteiger partial charge in [-0.3, -0.25) is 4.90 Å². The van der Waals surface area contributed by atoms with Crippen molar-refractivity contribution in [3.8, 4) is 23.2 Å². The predicted octanol–water partition coefficient (Wildman–Crippen LogP) is 8.31. The highest BCUT2D eigenvalue weighted by Gasteiger charge is 2.49. The summed E-state index contributed by atoms with van der Waals surface area (Å²) >= 11 is 20.1. The van der Waals surface area contributed by atoms with Gasteiger partial charge in [0, 0.05) is 42.4 Å². The fraction of sp³-hybridized carbons (Fsp3) is 0.417. The monoisotopic (exact) mass is 817 g/mol. The number of nitrogen functional groups attached to an aromatic ring is 1. The number of anilines is 2. The smallest absolute Gasteiger partial charge is 0.330 e. The lowest BCUT2D eigenvalue weighted by Gasteiger charge is -2.35. The van der Waals surface area contributed by atoms with Crippen LogP contribution in [-0.2, 0) is 0 Å². The van der Waals surface area contributed by atoms with Gasteiger partial charge in [0.1, 0.15) is 47.3 Å². The number of imidazole rings is 1. The van der Waals surface area contributed by atoms with Crippen molar-refractivity contribution in [2.75, 3.05) is 43.4 Å². The third-order valence-electron chi connectivity index (χ3n) is 11.1. The van der Waals surface area contributed by atoms with Gasteiger partial charge >= 0.3 is 12.0 Å². The molecule has 5 aromatic rings. The van der Waals surface area contributed by atoms with Crippen molar-refractivity contribution in [1.29, 1.82) is 5.26 Å². The molecule has 1 amide bonds. The fourth-order valence-electron chi connectivity index (χ4n) is 8.58. The van der Waals surface area contributed by atoms with Gasteiger partial charge in [0.2, 0.25) is 0 Å². The number of carbonyl (C=O) groups is 1. The molecule has 6 heterocycles. The molecular formula is C36H33Cl3F3N9O2S. The quantitative estimate of drug-likeness (QED) is 0.172.